The third-order valence-corrected chi connectivity index (χ3v) is 15.4. The van der Waals surface area contributed by atoms with Crippen molar-refractivity contribution in [2.45, 2.75) is 126 Å². The van der Waals surface area contributed by atoms with Gasteiger partial charge in [-0.05, 0) is 63.5 Å². The molecule has 4 fully saturated rings. The van der Waals surface area contributed by atoms with Crippen LogP contribution in [0.3, 0.4) is 0 Å². The van der Waals surface area contributed by atoms with Crippen LogP contribution in [0.15, 0.2) is 35.7 Å². The summed E-state index contributed by atoms with van der Waals surface area (Å²) in [6.45, 7) is 4.94. The Morgan fingerprint density at radius 2 is 1.89 bits per heavy atom. The van der Waals surface area contributed by atoms with E-state index in [9.17, 15) is 41.2 Å². The van der Waals surface area contributed by atoms with Gasteiger partial charge in [0.1, 0.15) is 45.9 Å². The van der Waals surface area contributed by atoms with Crippen molar-refractivity contribution >= 4 is 61.8 Å². The first-order chi connectivity index (χ1) is 30.4. The number of thiazole rings is 1. The average Bonchev–Trinajstić information content (AvgIpc) is 4.12. The molecule has 2 aromatic heterocycles. The summed E-state index contributed by atoms with van der Waals surface area (Å²) in [6.07, 6.45) is 3.05. The van der Waals surface area contributed by atoms with Crippen molar-refractivity contribution in [1.29, 1.82) is 0 Å². The first-order valence-electron chi connectivity index (χ1n) is 21.8. The molecular weight excluding hydrogens is 873 g/mol. The normalized spacial score (nSPS) is 26.8. The molecule has 0 bridgehead atoms. The Morgan fingerprint density at radius 1 is 1.11 bits per heavy atom. The molecule has 1 aromatic carbocycles. The summed E-state index contributed by atoms with van der Waals surface area (Å²) in [6, 6.07) is 2.43. The second-order valence-electron chi connectivity index (χ2n) is 17.9. The molecule has 2 saturated carbocycles. The number of aromatic nitrogens is 2. The summed E-state index contributed by atoms with van der Waals surface area (Å²) < 4.78 is 69.4. The number of hydrogen-bond acceptors (Lipinski definition) is 12. The number of carbonyl (C=O) groups excluding carboxylic acids is 5. The van der Waals surface area contributed by atoms with E-state index in [0.717, 1.165) is 16.2 Å². The first-order valence-corrected chi connectivity index (χ1v) is 24.2. The SMILES string of the molecule is COc1ccc2c(O[C@@H]3C[C@H]4C(=O)N[C@]5(C(=O)NS(=O)(=O)C6CC6)C[C@@H]5/C=C\CCCC(=O)N[C@@H](CC(=O)N5CCCC(F)(F)C5)C(=O)N4C3)cc(-c3nc(C(C)C)cs3)nc2c1C. The van der Waals surface area contributed by atoms with Gasteiger partial charge >= 0.3 is 0 Å². The molecule has 2 saturated heterocycles. The third-order valence-electron chi connectivity index (χ3n) is 12.7. The second kappa shape index (κ2) is 17.6. The number of halogens is 2. The van der Waals surface area contributed by atoms with Gasteiger partial charge < -0.3 is 29.9 Å². The number of sulfonamides is 1. The maximum atomic E-state index is 14.9. The lowest BCUT2D eigenvalue weighted by atomic mass is 10.0. The standard InChI is InChI=1S/C44H53F2N7O9S2/c1-24(2)32-22-63-40(49-32)30-18-35(29-13-14-34(61-4)25(3)38(29)48-30)62-27-17-33-39(56)50-44(42(58)51-64(59,60)28-11-12-28)20-26(44)9-6-5-7-10-36(54)47-31(41(57)53(33)21-27)19-37(55)52-16-8-15-43(45,46)23-52/h6,9,13-14,18,22,24,26-28,31,33H,5,7-8,10-12,15-17,19-21,23H2,1-4H3,(H,47,54)(H,50,56)(H,51,58)/b9-6-/t26-,27+,31-,33-,44+/m0/s1. The zero-order valence-electron chi connectivity index (χ0n) is 36.2. The van der Waals surface area contributed by atoms with Crippen molar-refractivity contribution in [2.24, 2.45) is 5.92 Å². The molecule has 3 aromatic rings. The van der Waals surface area contributed by atoms with Crippen molar-refractivity contribution < 1.29 is 50.6 Å². The summed E-state index contributed by atoms with van der Waals surface area (Å²) in [5.74, 6) is -6.38. The van der Waals surface area contributed by atoms with Gasteiger partial charge in [0.15, 0.2) is 0 Å². The van der Waals surface area contributed by atoms with Crippen LogP contribution in [-0.4, -0.2) is 119 Å². The zero-order valence-corrected chi connectivity index (χ0v) is 37.8. The number of nitrogens with zero attached hydrogens (tertiary/aromatic N) is 4. The zero-order chi connectivity index (χ0) is 45.7. The molecule has 5 heterocycles. The van der Waals surface area contributed by atoms with Crippen LogP contribution < -0.4 is 24.8 Å². The highest BCUT2D eigenvalue weighted by molar-refractivity contribution is 7.91. The Labute approximate surface area is 374 Å². The Hall–Kier alpha value is -5.24. The van der Waals surface area contributed by atoms with Crippen molar-refractivity contribution in [3.05, 3.63) is 47.0 Å². The van der Waals surface area contributed by atoms with Gasteiger partial charge in [-0.3, -0.25) is 28.7 Å². The predicted octanol–water partition coefficient (Wildman–Crippen LogP) is 4.50. The average molecular weight is 926 g/mol. The summed E-state index contributed by atoms with van der Waals surface area (Å²) in [4.78, 5) is 82.4. The number of carbonyl (C=O) groups is 5. The van der Waals surface area contributed by atoms with Crippen molar-refractivity contribution in [3.8, 4) is 22.2 Å². The molecule has 16 nitrogen and oxygen atoms in total. The van der Waals surface area contributed by atoms with Crippen LogP contribution in [0.5, 0.6) is 11.5 Å². The molecule has 0 radical (unpaired) electrons. The van der Waals surface area contributed by atoms with E-state index >= 15 is 0 Å². The van der Waals surface area contributed by atoms with E-state index in [2.05, 4.69) is 15.4 Å². The summed E-state index contributed by atoms with van der Waals surface area (Å²) >= 11 is 1.42. The number of ether oxygens (including phenoxy) is 2. The number of aryl methyl sites for hydroxylation is 1. The van der Waals surface area contributed by atoms with Crippen LogP contribution in [0.4, 0.5) is 8.78 Å². The van der Waals surface area contributed by atoms with E-state index in [1.807, 2.05) is 26.2 Å². The number of amides is 5. The highest BCUT2D eigenvalue weighted by Gasteiger charge is 2.62. The Balaban J connectivity index is 1.15. The van der Waals surface area contributed by atoms with Gasteiger partial charge in [-0.2, -0.15) is 0 Å². The molecule has 3 aliphatic heterocycles. The molecule has 8 rings (SSSR count). The number of rotatable bonds is 10. The Bertz CT molecular complexity index is 2510. The minimum absolute atomic E-state index is 0.0498. The van der Waals surface area contributed by atoms with E-state index in [1.165, 1.54) is 16.2 Å². The van der Waals surface area contributed by atoms with Gasteiger partial charge in [0, 0.05) is 54.1 Å². The van der Waals surface area contributed by atoms with Gasteiger partial charge in [0.05, 0.1) is 43.1 Å². The maximum Gasteiger partial charge on any atom is 0.265 e. The highest BCUT2D eigenvalue weighted by Crippen LogP contribution is 2.46. The van der Waals surface area contributed by atoms with Crippen LogP contribution in [0, 0.1) is 12.8 Å². The molecule has 2 aliphatic carbocycles. The topological polar surface area (TPSA) is 206 Å². The minimum Gasteiger partial charge on any atom is -0.496 e. The Kier molecular flexibility index (Phi) is 12.5. The van der Waals surface area contributed by atoms with Crippen LogP contribution in [0.2, 0.25) is 0 Å². The van der Waals surface area contributed by atoms with E-state index in [-0.39, 0.29) is 51.1 Å². The van der Waals surface area contributed by atoms with Crippen molar-refractivity contribution in [1.82, 2.24) is 35.1 Å². The number of likely N-dealkylation sites (tertiary alicyclic amines) is 1. The summed E-state index contributed by atoms with van der Waals surface area (Å²) in [7, 11) is -2.45. The molecular formula is C44H53F2N7O9S2. The number of hydrogen-bond donors (Lipinski definition) is 3. The van der Waals surface area contributed by atoms with Crippen LogP contribution in [0.25, 0.3) is 21.6 Å². The predicted molar refractivity (Wildman–Crippen MR) is 232 cm³/mol. The summed E-state index contributed by atoms with van der Waals surface area (Å²) in [5.41, 5.74) is 1.05. The van der Waals surface area contributed by atoms with E-state index in [1.54, 1.807) is 37.5 Å². The van der Waals surface area contributed by atoms with Gasteiger partial charge in [0.2, 0.25) is 33.7 Å². The fraction of sp³-hybridized carbons (Fsp3) is 0.568. The molecule has 5 atom stereocenters. The highest BCUT2D eigenvalue weighted by atomic mass is 32.2. The number of allylic oxidation sites excluding steroid dienone is 1. The fourth-order valence-corrected chi connectivity index (χ4v) is 11.1. The van der Waals surface area contributed by atoms with E-state index < -0.39 is 93.3 Å². The maximum absolute atomic E-state index is 14.9. The molecule has 0 unspecified atom stereocenters. The lowest BCUT2D eigenvalue weighted by Gasteiger charge is -2.34. The quantitative estimate of drug-likeness (QED) is 0.242. The Morgan fingerprint density at radius 3 is 2.59 bits per heavy atom. The van der Waals surface area contributed by atoms with Crippen LogP contribution >= 0.6 is 11.3 Å². The first kappa shape index (κ1) is 45.3. The fourth-order valence-electron chi connectivity index (χ4n) is 8.79. The molecule has 3 N–H and O–H groups in total. The van der Waals surface area contributed by atoms with Crippen LogP contribution in [0.1, 0.15) is 95.2 Å². The summed E-state index contributed by atoms with van der Waals surface area (Å²) in [5, 5.41) is 7.99. The lowest BCUT2D eigenvalue weighted by Crippen LogP contribution is -2.59. The van der Waals surface area contributed by atoms with Gasteiger partial charge in [-0.25, -0.2) is 27.2 Å². The molecule has 0 spiro atoms. The molecule has 5 amide bonds. The smallest absolute Gasteiger partial charge is 0.265 e. The largest absolute Gasteiger partial charge is 0.496 e. The molecule has 5 aliphatic rings. The number of fused-ring (bicyclic) bond motifs is 3. The number of benzene rings is 1. The minimum atomic E-state index is -4.00. The van der Waals surface area contributed by atoms with Gasteiger partial charge in [-0.1, -0.05) is 26.0 Å². The number of piperidine rings is 1. The lowest BCUT2D eigenvalue weighted by molar-refractivity contribution is -0.147. The van der Waals surface area contributed by atoms with E-state index in [4.69, 9.17) is 19.4 Å². The number of alkyl halides is 2. The number of nitrogens with one attached hydrogen (secondary N) is 3. The number of pyridine rings is 1. The van der Waals surface area contributed by atoms with Crippen LogP contribution in [-0.2, 0) is 34.0 Å². The van der Waals surface area contributed by atoms with E-state index in [0.29, 0.717) is 58.8 Å². The van der Waals surface area contributed by atoms with Gasteiger partial charge in [0.25, 0.3) is 11.8 Å². The monoisotopic (exact) mass is 925 g/mol. The van der Waals surface area contributed by atoms with Gasteiger partial charge in [-0.15, -0.1) is 11.3 Å². The second-order valence-corrected chi connectivity index (χ2v) is 20.7. The molecule has 20 heteroatoms. The third kappa shape index (κ3) is 9.44. The van der Waals surface area contributed by atoms with Crippen molar-refractivity contribution in [2.75, 3.05) is 26.7 Å². The van der Waals surface area contributed by atoms with Crippen molar-refractivity contribution in [3.63, 3.8) is 0 Å². The molecule has 344 valence electrons. The molecule has 64 heavy (non-hydrogen) atoms. The number of methoxy groups -OCH3 is 1.